The summed E-state index contributed by atoms with van der Waals surface area (Å²) in [6.45, 7) is -1.97. The van der Waals surface area contributed by atoms with E-state index in [-0.39, 0.29) is 17.1 Å². The Labute approximate surface area is 236 Å². The first-order valence-corrected chi connectivity index (χ1v) is 15.1. The monoisotopic (exact) mass is 649 g/mol. The molecule has 24 heteroatoms. The van der Waals surface area contributed by atoms with Crippen molar-refractivity contribution in [3.05, 3.63) is 49.8 Å². The molecule has 0 radical (unpaired) electrons. The molecule has 3 aliphatic heterocycles. The molecule has 6 rings (SSSR count). The molecule has 4 unspecified atom stereocenters. The maximum atomic E-state index is 12.8. The number of phosphoric ester groups is 2. The van der Waals surface area contributed by atoms with E-state index in [2.05, 4.69) is 15.0 Å². The van der Waals surface area contributed by atoms with E-state index in [9.17, 15) is 43.5 Å². The van der Waals surface area contributed by atoms with Crippen molar-refractivity contribution in [1.29, 1.82) is 0 Å². The van der Waals surface area contributed by atoms with Crippen LogP contribution in [0.2, 0.25) is 0 Å². The summed E-state index contributed by atoms with van der Waals surface area (Å²) < 4.78 is 58.4. The van der Waals surface area contributed by atoms with Crippen molar-refractivity contribution in [2.45, 2.75) is 49.1 Å². The van der Waals surface area contributed by atoms with E-state index in [0.717, 1.165) is 27.7 Å². The average molecular weight is 649 g/mol. The van der Waals surface area contributed by atoms with Crippen molar-refractivity contribution < 1.29 is 56.7 Å². The second-order valence-corrected chi connectivity index (χ2v) is 12.3. The maximum absolute atomic E-state index is 12.8. The van der Waals surface area contributed by atoms with E-state index >= 15 is 0 Å². The second-order valence-electron chi connectivity index (χ2n) is 9.53. The highest BCUT2D eigenvalue weighted by Crippen LogP contribution is 2.50. The Hall–Kier alpha value is -3.11. The van der Waals surface area contributed by atoms with Gasteiger partial charge in [0.05, 0.1) is 19.5 Å². The van der Waals surface area contributed by atoms with Gasteiger partial charge in [0, 0.05) is 12.3 Å². The van der Waals surface area contributed by atoms with Crippen molar-refractivity contribution in [3.63, 3.8) is 0 Å². The molecule has 0 spiro atoms. The largest absolute Gasteiger partial charge is 0.756 e. The first-order valence-electron chi connectivity index (χ1n) is 12.2. The average Bonchev–Trinajstić information content (AvgIpc) is 3.56. The van der Waals surface area contributed by atoms with Gasteiger partial charge in [0.15, 0.2) is 23.6 Å². The normalized spacial score (nSPS) is 38.7. The fourth-order valence-electron chi connectivity index (χ4n) is 4.87. The number of nitrogens with two attached hydrogens (primary N) is 1. The van der Waals surface area contributed by atoms with Gasteiger partial charge in [0.1, 0.15) is 36.6 Å². The third-order valence-corrected chi connectivity index (χ3v) is 8.70. The number of nitrogens with one attached hydrogen (secondary N) is 2. The van der Waals surface area contributed by atoms with E-state index in [1.165, 1.54) is 0 Å². The number of nitrogen functional groups attached to an aromatic ring is 1. The Morgan fingerprint density at radius 2 is 1.49 bits per heavy atom. The number of aromatic amines is 2. The number of hydrogen-bond acceptors (Lipinski definition) is 18. The number of nitrogens with zero attached hydrogens (tertiary/aromatic N) is 4. The van der Waals surface area contributed by atoms with Crippen LogP contribution in [0.4, 0.5) is 5.95 Å². The number of aliphatic hydroxyl groups is 2. The van der Waals surface area contributed by atoms with Crippen molar-refractivity contribution in [2.75, 3.05) is 18.9 Å². The van der Waals surface area contributed by atoms with Gasteiger partial charge >= 0.3 is 5.69 Å². The topological polar surface area (TPSA) is 321 Å². The van der Waals surface area contributed by atoms with Crippen molar-refractivity contribution in [2.24, 2.45) is 0 Å². The summed E-state index contributed by atoms with van der Waals surface area (Å²) in [6.07, 6.45) is -11.9. The lowest BCUT2D eigenvalue weighted by Gasteiger charge is -2.34. The van der Waals surface area contributed by atoms with Crippen LogP contribution >= 0.6 is 15.6 Å². The molecule has 0 saturated carbocycles. The third kappa shape index (κ3) is 5.64. The molecule has 0 amide bonds. The Kier molecular flexibility index (Phi) is 7.52. The van der Waals surface area contributed by atoms with Crippen LogP contribution in [0.5, 0.6) is 0 Å². The Morgan fingerprint density at radius 1 is 0.930 bits per heavy atom. The van der Waals surface area contributed by atoms with Crippen LogP contribution in [0.15, 0.2) is 33.0 Å². The van der Waals surface area contributed by atoms with Crippen molar-refractivity contribution in [1.82, 2.24) is 29.1 Å². The van der Waals surface area contributed by atoms with E-state index in [4.69, 9.17) is 33.3 Å². The van der Waals surface area contributed by atoms with Crippen LogP contribution < -0.4 is 32.3 Å². The highest BCUT2D eigenvalue weighted by atomic mass is 31.2. The fourth-order valence-corrected chi connectivity index (χ4v) is 6.77. The quantitative estimate of drug-likeness (QED) is 0.163. The Morgan fingerprint density at radius 3 is 2.05 bits per heavy atom. The predicted molar refractivity (Wildman–Crippen MR) is 131 cm³/mol. The van der Waals surface area contributed by atoms with Gasteiger partial charge in [-0.1, -0.05) is 0 Å². The number of fused-ring (bicyclic) bond motifs is 3. The molecule has 0 bridgehead atoms. The number of ether oxygens (including phenoxy) is 2. The zero-order chi connectivity index (χ0) is 30.8. The summed E-state index contributed by atoms with van der Waals surface area (Å²) in [6, 6.07) is 0.925. The number of hydrogen-bond donors (Lipinski definition) is 5. The van der Waals surface area contributed by atoms with Crippen LogP contribution in [0, 0.1) is 0 Å². The standard InChI is InChI=1S/C19H23N7O15P2/c20-18-23-14-9(15(30)24-18)21-5-26(14)17-11(29)13-7(39-17)4-37-42(32,33)40-12-6(3-36-43(34,35)41-13)38-16(10(12)28)25-2-1-8(27)22-19(25)31/h1-2,5-7,10-13,16-17,28-29H,3-4H2,(H,32,33)(H,34,35)(H,22,27,31)(H3,20,23,24,30)/p-2/t6-,7-,10+,11?,12?,13+,16-,17-/m1/s1. The molecule has 234 valence electrons. The number of H-pyrrole nitrogens is 2. The smallest absolute Gasteiger partial charge is 0.330 e. The van der Waals surface area contributed by atoms with Gasteiger partial charge in [-0.2, -0.15) is 4.98 Å². The molecule has 3 fully saturated rings. The van der Waals surface area contributed by atoms with Crippen LogP contribution in [0.3, 0.4) is 0 Å². The van der Waals surface area contributed by atoms with Crippen molar-refractivity contribution in [3.8, 4) is 0 Å². The molecular formula is C19H21N7O15P2-2. The number of anilines is 1. The van der Waals surface area contributed by atoms with Crippen LogP contribution in [-0.4, -0.2) is 89.1 Å². The minimum atomic E-state index is -5.37. The first-order chi connectivity index (χ1) is 20.2. The van der Waals surface area contributed by atoms with Gasteiger partial charge < -0.3 is 53.3 Å². The molecule has 6 heterocycles. The van der Waals surface area contributed by atoms with Crippen LogP contribution in [0.1, 0.15) is 12.5 Å². The van der Waals surface area contributed by atoms with Gasteiger partial charge in [-0.15, -0.1) is 0 Å². The van der Waals surface area contributed by atoms with Gasteiger partial charge in [-0.3, -0.25) is 37.8 Å². The molecule has 3 aliphatic rings. The molecule has 3 aromatic rings. The van der Waals surface area contributed by atoms with E-state index in [0.29, 0.717) is 0 Å². The lowest BCUT2D eigenvalue weighted by Crippen LogP contribution is -2.41. The van der Waals surface area contributed by atoms with Gasteiger partial charge in [-0.25, -0.2) is 9.78 Å². The fraction of sp³-hybridized carbons (Fsp3) is 0.526. The molecule has 0 aliphatic carbocycles. The maximum Gasteiger partial charge on any atom is 0.330 e. The minimum Gasteiger partial charge on any atom is -0.756 e. The van der Waals surface area contributed by atoms with E-state index in [1.807, 2.05) is 4.98 Å². The third-order valence-electron chi connectivity index (χ3n) is 6.76. The molecular weight excluding hydrogens is 628 g/mol. The summed E-state index contributed by atoms with van der Waals surface area (Å²) in [4.78, 5) is 73.4. The molecule has 0 aromatic carbocycles. The molecule has 22 nitrogen and oxygen atoms in total. The lowest BCUT2D eigenvalue weighted by molar-refractivity contribution is -0.244. The van der Waals surface area contributed by atoms with E-state index < -0.39 is 94.7 Å². The molecule has 10 atom stereocenters. The van der Waals surface area contributed by atoms with Gasteiger partial charge in [0.2, 0.25) is 5.95 Å². The first kappa shape index (κ1) is 29.9. The highest BCUT2D eigenvalue weighted by Gasteiger charge is 2.51. The molecule has 43 heavy (non-hydrogen) atoms. The van der Waals surface area contributed by atoms with Crippen LogP contribution in [0.25, 0.3) is 11.2 Å². The zero-order valence-electron chi connectivity index (χ0n) is 21.2. The summed E-state index contributed by atoms with van der Waals surface area (Å²) in [5.41, 5.74) is 2.72. The summed E-state index contributed by atoms with van der Waals surface area (Å²) in [5.74, 6) is -0.303. The molecule has 3 aromatic heterocycles. The summed E-state index contributed by atoms with van der Waals surface area (Å²) in [5, 5.41) is 21.8. The summed E-state index contributed by atoms with van der Waals surface area (Å²) in [7, 11) is -10.7. The molecule has 6 N–H and O–H groups in total. The lowest BCUT2D eigenvalue weighted by atomic mass is 10.1. The number of imidazole rings is 1. The Balaban J connectivity index is 1.29. The van der Waals surface area contributed by atoms with E-state index in [1.54, 1.807) is 0 Å². The van der Waals surface area contributed by atoms with Crippen LogP contribution in [-0.2, 0) is 36.7 Å². The molecule has 3 saturated heterocycles. The summed E-state index contributed by atoms with van der Waals surface area (Å²) >= 11 is 0. The second kappa shape index (κ2) is 10.8. The van der Waals surface area contributed by atoms with Gasteiger partial charge in [0.25, 0.3) is 26.8 Å². The number of rotatable bonds is 2. The highest BCUT2D eigenvalue weighted by molar-refractivity contribution is 7.46. The minimum absolute atomic E-state index is 0.155. The number of phosphoric acid groups is 2. The SMILES string of the molecule is Nc1nc2c(ncn2[C@@H]2O[C@@H]3COP(=O)([O-])OC4[C@@H](COP(=O)([O-])O[C@@H]3C2O)O[C@@H](n2ccc(=O)[nH]c2=O)[C@H]4O)c(=O)[nH]1. The number of aromatic nitrogens is 6. The van der Waals surface area contributed by atoms with Crippen molar-refractivity contribution >= 4 is 32.8 Å². The Bertz CT molecular complexity index is 1820. The number of aliphatic hydroxyl groups excluding tert-OH is 2. The zero-order valence-corrected chi connectivity index (χ0v) is 23.0. The van der Waals surface area contributed by atoms with Gasteiger partial charge in [-0.05, 0) is 0 Å². The predicted octanol–water partition coefficient (Wildman–Crippen LogP) is -4.48.